The van der Waals surface area contributed by atoms with Gasteiger partial charge in [-0.3, -0.25) is 0 Å². The zero-order valence-corrected chi connectivity index (χ0v) is 17.0. The van der Waals surface area contributed by atoms with Crippen molar-refractivity contribution >= 4 is 37.6 Å². The highest BCUT2D eigenvalue weighted by molar-refractivity contribution is 7.88. The van der Waals surface area contributed by atoms with E-state index in [-0.39, 0.29) is 6.23 Å². The van der Waals surface area contributed by atoms with Crippen LogP contribution in [0.3, 0.4) is 0 Å². The van der Waals surface area contributed by atoms with Gasteiger partial charge in [0.2, 0.25) is 10.0 Å². The third kappa shape index (κ3) is 3.90. The smallest absolute Gasteiger partial charge is 0.209 e. The second-order valence-corrected chi connectivity index (χ2v) is 9.15. The van der Waals surface area contributed by atoms with Crippen LogP contribution >= 0.6 is 0 Å². The molecule has 3 aromatic rings. The minimum atomic E-state index is -3.38. The molecule has 3 rings (SSSR count). The number of fused-ring (bicyclic) bond motifs is 3. The third-order valence-corrected chi connectivity index (χ3v) is 5.35. The maximum atomic E-state index is 11.8. The van der Waals surface area contributed by atoms with Gasteiger partial charge in [-0.25, -0.2) is 22.8 Å². The van der Waals surface area contributed by atoms with Crippen molar-refractivity contribution in [3.05, 3.63) is 30.0 Å². The van der Waals surface area contributed by atoms with Gasteiger partial charge in [-0.1, -0.05) is 18.2 Å². The molecular formula is C18H25N5O3S. The number of methoxy groups -OCH3 is 1. The topological polar surface area (TPSA) is 112 Å². The fourth-order valence-electron chi connectivity index (χ4n) is 3.42. The molecule has 0 spiro atoms. The number of anilines is 1. The fraction of sp³-hybridized carbons (Fsp3) is 0.444. The van der Waals surface area contributed by atoms with Crippen LogP contribution in [0.1, 0.15) is 32.7 Å². The molecular weight excluding hydrogens is 366 g/mol. The minimum Gasteiger partial charge on any atom is -0.382 e. The third-order valence-electron chi connectivity index (χ3n) is 4.42. The van der Waals surface area contributed by atoms with Gasteiger partial charge < -0.3 is 10.5 Å². The number of pyridine rings is 1. The van der Waals surface area contributed by atoms with Crippen LogP contribution in [0.15, 0.2) is 24.3 Å². The van der Waals surface area contributed by atoms with Crippen LogP contribution in [-0.2, 0) is 21.2 Å². The first-order valence-electron chi connectivity index (χ1n) is 8.59. The molecule has 1 unspecified atom stereocenters. The van der Waals surface area contributed by atoms with Crippen molar-refractivity contribution in [2.45, 2.75) is 39.0 Å². The van der Waals surface area contributed by atoms with E-state index in [1.807, 2.05) is 45.0 Å². The molecule has 9 heteroatoms. The number of nitrogens with two attached hydrogens (primary N) is 1. The van der Waals surface area contributed by atoms with Gasteiger partial charge in [-0.05, 0) is 26.8 Å². The number of benzene rings is 1. The first-order chi connectivity index (χ1) is 12.5. The van der Waals surface area contributed by atoms with Crippen LogP contribution in [0.25, 0.3) is 21.8 Å². The Bertz CT molecular complexity index is 1110. The Balaban J connectivity index is 2.31. The van der Waals surface area contributed by atoms with E-state index >= 15 is 0 Å². The molecule has 8 nitrogen and oxygen atoms in total. The molecule has 27 heavy (non-hydrogen) atoms. The van der Waals surface area contributed by atoms with Crippen molar-refractivity contribution in [3.8, 4) is 0 Å². The zero-order chi connectivity index (χ0) is 20.0. The summed E-state index contributed by atoms with van der Waals surface area (Å²) < 4.78 is 33.5. The molecule has 0 fully saturated rings. The predicted octanol–water partition coefficient (Wildman–Crippen LogP) is 2.20. The van der Waals surface area contributed by atoms with Crippen molar-refractivity contribution < 1.29 is 13.2 Å². The van der Waals surface area contributed by atoms with Gasteiger partial charge in [0.15, 0.2) is 5.82 Å². The van der Waals surface area contributed by atoms with E-state index in [4.69, 9.17) is 10.5 Å². The second-order valence-electron chi connectivity index (χ2n) is 7.40. The lowest BCUT2D eigenvalue weighted by Gasteiger charge is -2.26. The number of nitrogens with one attached hydrogen (secondary N) is 1. The van der Waals surface area contributed by atoms with Gasteiger partial charge in [-0.15, -0.1) is 0 Å². The molecule has 0 aliphatic rings. The number of hydrogen-bond donors (Lipinski definition) is 2. The summed E-state index contributed by atoms with van der Waals surface area (Å²) in [5.74, 6) is 0.334. The van der Waals surface area contributed by atoms with Crippen LogP contribution < -0.4 is 10.5 Å². The molecule has 0 saturated carbocycles. The van der Waals surface area contributed by atoms with Gasteiger partial charge in [0, 0.05) is 29.8 Å². The summed E-state index contributed by atoms with van der Waals surface area (Å²) >= 11 is 0. The van der Waals surface area contributed by atoms with Crippen molar-refractivity contribution in [1.29, 1.82) is 0 Å². The van der Waals surface area contributed by atoms with Crippen molar-refractivity contribution in [3.63, 3.8) is 0 Å². The van der Waals surface area contributed by atoms with Gasteiger partial charge in [0.05, 0.1) is 17.5 Å². The molecule has 2 heterocycles. The van der Waals surface area contributed by atoms with Crippen LogP contribution in [0.5, 0.6) is 0 Å². The SMILES string of the molecule is COC(C)n1nc2c(N)nc3ccccc3c2c1CC(C)(C)NS(C)(=O)=O. The van der Waals surface area contributed by atoms with Crippen molar-refractivity contribution in [2.75, 3.05) is 19.1 Å². The molecule has 0 aliphatic heterocycles. The summed E-state index contributed by atoms with van der Waals surface area (Å²) in [6.07, 6.45) is 1.20. The summed E-state index contributed by atoms with van der Waals surface area (Å²) in [4.78, 5) is 4.45. The van der Waals surface area contributed by atoms with Gasteiger partial charge >= 0.3 is 0 Å². The predicted molar refractivity (Wildman–Crippen MR) is 107 cm³/mol. The second kappa shape index (κ2) is 6.74. The van der Waals surface area contributed by atoms with Gasteiger partial charge in [0.25, 0.3) is 0 Å². The number of ether oxygens (including phenoxy) is 1. The highest BCUT2D eigenvalue weighted by Gasteiger charge is 2.28. The normalized spacial score (nSPS) is 14.1. The van der Waals surface area contributed by atoms with Crippen LogP contribution in [-0.4, -0.2) is 42.1 Å². The van der Waals surface area contributed by atoms with E-state index in [1.54, 1.807) is 11.8 Å². The molecule has 0 radical (unpaired) electrons. The Morgan fingerprint density at radius 1 is 1.33 bits per heavy atom. The van der Waals surface area contributed by atoms with E-state index in [0.717, 1.165) is 28.2 Å². The van der Waals surface area contributed by atoms with Crippen LogP contribution in [0.4, 0.5) is 5.82 Å². The summed E-state index contributed by atoms with van der Waals surface area (Å²) in [5, 5.41) is 6.42. The van der Waals surface area contributed by atoms with E-state index in [2.05, 4.69) is 14.8 Å². The van der Waals surface area contributed by atoms with E-state index in [9.17, 15) is 8.42 Å². The Morgan fingerprint density at radius 2 is 2.00 bits per heavy atom. The average molecular weight is 391 g/mol. The molecule has 0 saturated heterocycles. The lowest BCUT2D eigenvalue weighted by molar-refractivity contribution is 0.0477. The number of para-hydroxylation sites is 1. The standard InChI is InChI=1S/C18H25N5O3S/c1-11(26-4)23-14(10-18(2,3)22-27(5,24)25)15-12-8-6-7-9-13(12)20-17(19)16(15)21-23/h6-9,11,22H,10H2,1-5H3,(H2,19,20). The fourth-order valence-corrected chi connectivity index (χ4v) is 4.50. The quantitative estimate of drug-likeness (QED) is 0.666. The minimum absolute atomic E-state index is 0.334. The first-order valence-corrected chi connectivity index (χ1v) is 10.5. The molecule has 146 valence electrons. The molecule has 3 N–H and O–H groups in total. The Labute approximate surface area is 158 Å². The van der Waals surface area contributed by atoms with Crippen molar-refractivity contribution in [1.82, 2.24) is 19.5 Å². The molecule has 0 bridgehead atoms. The Kier molecular flexibility index (Phi) is 4.87. The number of nitrogen functional groups attached to an aromatic ring is 1. The maximum Gasteiger partial charge on any atom is 0.209 e. The molecule has 1 aromatic carbocycles. The van der Waals surface area contributed by atoms with E-state index in [1.165, 1.54) is 0 Å². The summed E-state index contributed by atoms with van der Waals surface area (Å²) in [6.45, 7) is 5.54. The highest BCUT2D eigenvalue weighted by Crippen LogP contribution is 2.33. The summed E-state index contributed by atoms with van der Waals surface area (Å²) in [7, 11) is -1.78. The van der Waals surface area contributed by atoms with Gasteiger partial charge in [-0.2, -0.15) is 5.10 Å². The molecule has 0 amide bonds. The zero-order valence-electron chi connectivity index (χ0n) is 16.1. The Hall–Kier alpha value is -2.23. The van der Waals surface area contributed by atoms with E-state index < -0.39 is 15.6 Å². The number of nitrogens with zero attached hydrogens (tertiary/aromatic N) is 3. The average Bonchev–Trinajstić information content (AvgIpc) is 2.91. The summed E-state index contributed by atoms with van der Waals surface area (Å²) in [5.41, 5.74) is 7.63. The van der Waals surface area contributed by atoms with Gasteiger partial charge in [0.1, 0.15) is 11.7 Å². The first kappa shape index (κ1) is 19.5. The number of rotatable bonds is 6. The molecule has 1 atom stereocenters. The summed E-state index contributed by atoms with van der Waals surface area (Å²) in [6, 6.07) is 7.69. The Morgan fingerprint density at radius 3 is 2.63 bits per heavy atom. The van der Waals surface area contributed by atoms with Crippen LogP contribution in [0, 0.1) is 0 Å². The largest absolute Gasteiger partial charge is 0.382 e. The lowest BCUT2D eigenvalue weighted by atomic mass is 9.96. The van der Waals surface area contributed by atoms with E-state index in [0.29, 0.717) is 17.8 Å². The monoisotopic (exact) mass is 391 g/mol. The molecule has 0 aliphatic carbocycles. The number of aromatic nitrogens is 3. The molecule has 2 aromatic heterocycles. The number of sulfonamides is 1. The maximum absolute atomic E-state index is 11.8. The number of hydrogen-bond acceptors (Lipinski definition) is 6. The van der Waals surface area contributed by atoms with Crippen molar-refractivity contribution in [2.24, 2.45) is 0 Å². The lowest BCUT2D eigenvalue weighted by Crippen LogP contribution is -2.45. The highest BCUT2D eigenvalue weighted by atomic mass is 32.2. The van der Waals surface area contributed by atoms with Crippen LogP contribution in [0.2, 0.25) is 0 Å².